The van der Waals surface area contributed by atoms with Crippen molar-refractivity contribution in [1.82, 2.24) is 0 Å². The molecule has 0 aliphatic carbocycles. The van der Waals surface area contributed by atoms with Gasteiger partial charge in [0.1, 0.15) is 5.82 Å². The summed E-state index contributed by atoms with van der Waals surface area (Å²) in [4.78, 5) is 21.6. The Morgan fingerprint density at radius 1 is 1.30 bits per heavy atom. The van der Waals surface area contributed by atoms with Crippen molar-refractivity contribution in [3.63, 3.8) is 0 Å². The highest BCUT2D eigenvalue weighted by molar-refractivity contribution is 5.84. The van der Waals surface area contributed by atoms with Gasteiger partial charge in [0.2, 0.25) is 0 Å². The zero-order valence-electron chi connectivity index (χ0n) is 11.3. The summed E-state index contributed by atoms with van der Waals surface area (Å²) in [6.07, 6.45) is 1.21. The SMILES string of the molecule is CCOC(=O)Nc1cc(F)cc(CCCCC(=O)O)c1. The van der Waals surface area contributed by atoms with Gasteiger partial charge in [0, 0.05) is 12.1 Å². The van der Waals surface area contributed by atoms with E-state index in [2.05, 4.69) is 5.32 Å². The van der Waals surface area contributed by atoms with Crippen LogP contribution in [-0.2, 0) is 16.0 Å². The molecular formula is C14H18FNO4. The zero-order valence-corrected chi connectivity index (χ0v) is 11.3. The minimum Gasteiger partial charge on any atom is -0.481 e. The summed E-state index contributed by atoms with van der Waals surface area (Å²) in [6, 6.07) is 4.23. The summed E-state index contributed by atoms with van der Waals surface area (Å²) >= 11 is 0. The molecule has 2 N–H and O–H groups in total. The molecule has 1 rings (SSSR count). The number of carboxylic acid groups (broad SMARTS) is 1. The average Bonchev–Trinajstić information content (AvgIpc) is 2.34. The van der Waals surface area contributed by atoms with E-state index in [1.807, 2.05) is 0 Å². The predicted octanol–water partition coefficient (Wildman–Crippen LogP) is 3.19. The van der Waals surface area contributed by atoms with Crippen molar-refractivity contribution >= 4 is 17.7 Å². The maximum absolute atomic E-state index is 13.4. The summed E-state index contributed by atoms with van der Waals surface area (Å²) < 4.78 is 18.1. The molecule has 0 spiro atoms. The molecule has 0 saturated heterocycles. The van der Waals surface area contributed by atoms with Gasteiger partial charge < -0.3 is 9.84 Å². The molecule has 6 heteroatoms. The van der Waals surface area contributed by atoms with Gasteiger partial charge in [-0.15, -0.1) is 0 Å². The van der Waals surface area contributed by atoms with Crippen LogP contribution in [0.5, 0.6) is 0 Å². The van der Waals surface area contributed by atoms with E-state index in [4.69, 9.17) is 9.84 Å². The lowest BCUT2D eigenvalue weighted by Gasteiger charge is -2.08. The summed E-state index contributed by atoms with van der Waals surface area (Å²) in [5.41, 5.74) is 1.04. The van der Waals surface area contributed by atoms with Crippen molar-refractivity contribution < 1.29 is 23.8 Å². The molecular weight excluding hydrogens is 265 g/mol. The van der Waals surface area contributed by atoms with Gasteiger partial charge in [-0.05, 0) is 49.9 Å². The first-order chi connectivity index (χ1) is 9.51. The molecule has 0 unspecified atom stereocenters. The van der Waals surface area contributed by atoms with E-state index in [9.17, 15) is 14.0 Å². The lowest BCUT2D eigenvalue weighted by molar-refractivity contribution is -0.137. The fraction of sp³-hybridized carbons (Fsp3) is 0.429. The third-order valence-corrected chi connectivity index (χ3v) is 2.59. The summed E-state index contributed by atoms with van der Waals surface area (Å²) in [5.74, 6) is -1.29. The number of hydrogen-bond donors (Lipinski definition) is 2. The highest BCUT2D eigenvalue weighted by Gasteiger charge is 2.06. The zero-order chi connectivity index (χ0) is 15.0. The summed E-state index contributed by atoms with van der Waals surface area (Å²) in [7, 11) is 0. The van der Waals surface area contributed by atoms with Crippen LogP contribution in [0.3, 0.4) is 0 Å². The maximum atomic E-state index is 13.4. The number of benzene rings is 1. The fourth-order valence-electron chi connectivity index (χ4n) is 1.76. The third-order valence-electron chi connectivity index (χ3n) is 2.59. The number of anilines is 1. The largest absolute Gasteiger partial charge is 0.481 e. The molecule has 20 heavy (non-hydrogen) atoms. The minimum absolute atomic E-state index is 0.100. The van der Waals surface area contributed by atoms with Gasteiger partial charge in [-0.2, -0.15) is 0 Å². The second kappa shape index (κ2) is 8.14. The number of hydrogen-bond acceptors (Lipinski definition) is 3. The van der Waals surface area contributed by atoms with Crippen LogP contribution in [0.25, 0.3) is 0 Å². The van der Waals surface area contributed by atoms with Gasteiger partial charge in [0.15, 0.2) is 0 Å². The Labute approximate surface area is 116 Å². The van der Waals surface area contributed by atoms with Crippen LogP contribution in [0.4, 0.5) is 14.9 Å². The molecule has 0 fully saturated rings. The Bertz CT molecular complexity index is 476. The van der Waals surface area contributed by atoms with Gasteiger partial charge in [0.05, 0.1) is 6.61 Å². The van der Waals surface area contributed by atoms with Gasteiger partial charge >= 0.3 is 12.1 Å². The number of carbonyl (C=O) groups excluding carboxylic acids is 1. The second-order valence-corrected chi connectivity index (χ2v) is 4.29. The van der Waals surface area contributed by atoms with Crippen LogP contribution in [-0.4, -0.2) is 23.8 Å². The molecule has 0 aliphatic rings. The van der Waals surface area contributed by atoms with Crippen molar-refractivity contribution in [2.24, 2.45) is 0 Å². The van der Waals surface area contributed by atoms with Gasteiger partial charge in [-0.25, -0.2) is 9.18 Å². The molecule has 0 bridgehead atoms. The van der Waals surface area contributed by atoms with Crippen molar-refractivity contribution in [2.75, 3.05) is 11.9 Å². The normalized spacial score (nSPS) is 10.1. The summed E-state index contributed by atoms with van der Waals surface area (Å²) in [6.45, 7) is 1.92. The number of unbranched alkanes of at least 4 members (excludes halogenated alkanes) is 1. The van der Waals surface area contributed by atoms with Crippen LogP contribution in [0.15, 0.2) is 18.2 Å². The van der Waals surface area contributed by atoms with Crippen LogP contribution >= 0.6 is 0 Å². The number of carbonyl (C=O) groups is 2. The standard InChI is InChI=1S/C14H18FNO4/c1-2-20-14(19)16-12-8-10(7-11(15)9-12)5-3-4-6-13(17)18/h7-9H,2-6H2,1H3,(H,16,19)(H,17,18). The maximum Gasteiger partial charge on any atom is 0.411 e. The second-order valence-electron chi connectivity index (χ2n) is 4.29. The molecule has 0 heterocycles. The lowest BCUT2D eigenvalue weighted by Crippen LogP contribution is -2.13. The highest BCUT2D eigenvalue weighted by Crippen LogP contribution is 2.16. The Hall–Kier alpha value is -2.11. The molecule has 1 aromatic carbocycles. The molecule has 0 saturated carbocycles. The van der Waals surface area contributed by atoms with Crippen molar-refractivity contribution in [2.45, 2.75) is 32.6 Å². The molecule has 1 aromatic rings. The number of carboxylic acids is 1. The number of rotatable bonds is 7. The smallest absolute Gasteiger partial charge is 0.411 e. The number of nitrogens with one attached hydrogen (secondary N) is 1. The Kier molecular flexibility index (Phi) is 6.49. The molecule has 5 nitrogen and oxygen atoms in total. The first-order valence-electron chi connectivity index (χ1n) is 6.46. The first-order valence-corrected chi connectivity index (χ1v) is 6.46. The molecule has 0 aromatic heterocycles. The molecule has 0 aliphatic heterocycles. The minimum atomic E-state index is -0.839. The van der Waals surface area contributed by atoms with Gasteiger partial charge in [0.25, 0.3) is 0 Å². The number of halogens is 1. The first kappa shape index (κ1) is 15.9. The van der Waals surface area contributed by atoms with Crippen molar-refractivity contribution in [3.05, 3.63) is 29.6 Å². The van der Waals surface area contributed by atoms with E-state index in [0.717, 1.165) is 0 Å². The number of aryl methyl sites for hydroxylation is 1. The Balaban J connectivity index is 2.57. The average molecular weight is 283 g/mol. The van der Waals surface area contributed by atoms with Crippen LogP contribution in [0, 0.1) is 5.82 Å². The van der Waals surface area contributed by atoms with E-state index in [0.29, 0.717) is 30.5 Å². The predicted molar refractivity (Wildman–Crippen MR) is 72.2 cm³/mol. The van der Waals surface area contributed by atoms with Crippen LogP contribution in [0.1, 0.15) is 31.7 Å². The van der Waals surface area contributed by atoms with E-state index >= 15 is 0 Å². The van der Waals surface area contributed by atoms with Gasteiger partial charge in [-0.1, -0.05) is 0 Å². The number of ether oxygens (including phenoxy) is 1. The topological polar surface area (TPSA) is 75.6 Å². The third kappa shape index (κ3) is 6.17. The Morgan fingerprint density at radius 2 is 2.05 bits per heavy atom. The van der Waals surface area contributed by atoms with E-state index in [1.54, 1.807) is 13.0 Å². The van der Waals surface area contributed by atoms with E-state index in [1.165, 1.54) is 12.1 Å². The molecule has 1 amide bonds. The van der Waals surface area contributed by atoms with E-state index < -0.39 is 17.9 Å². The number of aliphatic carboxylic acids is 1. The lowest BCUT2D eigenvalue weighted by atomic mass is 10.1. The van der Waals surface area contributed by atoms with Crippen LogP contribution < -0.4 is 5.32 Å². The monoisotopic (exact) mass is 283 g/mol. The fourth-order valence-corrected chi connectivity index (χ4v) is 1.76. The number of amides is 1. The summed E-state index contributed by atoms with van der Waals surface area (Å²) in [5, 5.41) is 11.0. The highest BCUT2D eigenvalue weighted by atomic mass is 19.1. The quantitative estimate of drug-likeness (QED) is 0.753. The molecule has 0 radical (unpaired) electrons. The Morgan fingerprint density at radius 3 is 2.70 bits per heavy atom. The van der Waals surface area contributed by atoms with Crippen molar-refractivity contribution in [3.8, 4) is 0 Å². The molecule has 0 atom stereocenters. The van der Waals surface area contributed by atoms with Crippen LogP contribution in [0.2, 0.25) is 0 Å². The van der Waals surface area contributed by atoms with E-state index in [-0.39, 0.29) is 13.0 Å². The van der Waals surface area contributed by atoms with Crippen molar-refractivity contribution in [1.29, 1.82) is 0 Å². The molecule has 110 valence electrons. The van der Waals surface area contributed by atoms with Gasteiger partial charge in [-0.3, -0.25) is 10.1 Å².